The summed E-state index contributed by atoms with van der Waals surface area (Å²) in [6.07, 6.45) is 5.85. The van der Waals surface area contributed by atoms with Gasteiger partial charge in [0.1, 0.15) is 11.6 Å². The van der Waals surface area contributed by atoms with Crippen LogP contribution >= 0.6 is 0 Å². The van der Waals surface area contributed by atoms with E-state index >= 15 is 0 Å². The molecule has 0 bridgehead atoms. The Hall–Kier alpha value is -3.08. The third-order valence-corrected chi connectivity index (χ3v) is 10.5. The highest BCUT2D eigenvalue weighted by atomic mass is 16.5. The van der Waals surface area contributed by atoms with Crippen molar-refractivity contribution in [3.63, 3.8) is 0 Å². The van der Waals surface area contributed by atoms with Crippen LogP contribution in [0.25, 0.3) is 0 Å². The second-order valence-corrected chi connectivity index (χ2v) is 12.5. The van der Waals surface area contributed by atoms with Gasteiger partial charge in [0.15, 0.2) is 12.4 Å². The van der Waals surface area contributed by atoms with Gasteiger partial charge in [-0.25, -0.2) is 4.79 Å². The number of ether oxygens (including phenoxy) is 1. The normalized spacial score (nSPS) is 35.3. The van der Waals surface area contributed by atoms with Gasteiger partial charge in [-0.2, -0.15) is 0 Å². The van der Waals surface area contributed by atoms with Crippen LogP contribution in [0, 0.1) is 28.6 Å². The smallest absolute Gasteiger partial charge is 0.326 e. The lowest BCUT2D eigenvalue weighted by Gasteiger charge is -2.58. The van der Waals surface area contributed by atoms with Crippen LogP contribution in [0.3, 0.4) is 0 Å². The fourth-order valence-corrected chi connectivity index (χ4v) is 8.23. The summed E-state index contributed by atoms with van der Waals surface area (Å²) in [5.41, 5.74) is -1.07. The summed E-state index contributed by atoms with van der Waals surface area (Å²) >= 11 is 0. The molecule has 3 saturated carbocycles. The van der Waals surface area contributed by atoms with Gasteiger partial charge < -0.3 is 25.4 Å². The number of carbonyl (C=O) groups excluding carboxylic acids is 4. The van der Waals surface area contributed by atoms with E-state index in [0.29, 0.717) is 31.1 Å². The maximum atomic E-state index is 13.3. The molecule has 11 nitrogen and oxygen atoms in total. The molecule has 7 atom stereocenters. The van der Waals surface area contributed by atoms with Crippen LogP contribution in [0.15, 0.2) is 11.6 Å². The number of aliphatic hydroxyl groups is 1. The third-order valence-electron chi connectivity index (χ3n) is 10.5. The zero-order chi connectivity index (χ0) is 29.5. The maximum absolute atomic E-state index is 13.3. The number of allylic oxidation sites excluding steroid dienone is 1. The molecule has 4 N–H and O–H groups in total. The van der Waals surface area contributed by atoms with E-state index in [4.69, 9.17) is 14.9 Å². The summed E-state index contributed by atoms with van der Waals surface area (Å²) in [4.78, 5) is 71.4. The lowest BCUT2D eigenvalue weighted by molar-refractivity contribution is -0.170. The van der Waals surface area contributed by atoms with Gasteiger partial charge >= 0.3 is 17.9 Å². The SMILES string of the molecule is C[C@]12CCC(=O)C=C1CC[C@@H]1[C@@H]2CC[C@@]2(C)[C@H]1CC[C@]2(O)C(=O)COC(=O)CCC(=O)N[C@@H](CC(=O)O)C(=O)O. The highest BCUT2D eigenvalue weighted by Crippen LogP contribution is 2.67. The highest BCUT2D eigenvalue weighted by molar-refractivity contribution is 5.92. The first-order valence-corrected chi connectivity index (χ1v) is 14.1. The number of carboxylic acid groups (broad SMARTS) is 2. The summed E-state index contributed by atoms with van der Waals surface area (Å²) in [6, 6.07) is -1.63. The molecule has 0 aliphatic heterocycles. The van der Waals surface area contributed by atoms with Crippen molar-refractivity contribution >= 4 is 35.4 Å². The van der Waals surface area contributed by atoms with Crippen LogP contribution < -0.4 is 5.32 Å². The molecular formula is C29H39NO10. The van der Waals surface area contributed by atoms with Gasteiger partial charge in [0, 0.05) is 18.3 Å². The number of amides is 1. The number of aliphatic carboxylic acids is 2. The standard InChI is InChI=1S/C29H39NO10/c1-27-10-7-17(31)13-16(27)3-4-18-19(27)8-11-28(2)20(18)9-12-29(28,39)22(32)15-40-25(36)6-5-23(33)30-21(26(37)38)14-24(34)35/h13,18-21,39H,3-12,14-15H2,1-2H3,(H,30,33)(H,34,35)(H,37,38)/t18-,19+,20+,21+,27+,28+,29+/m1/s1. The number of ketones is 2. The van der Waals surface area contributed by atoms with E-state index in [-0.39, 0.29) is 23.5 Å². The van der Waals surface area contributed by atoms with E-state index in [9.17, 15) is 33.9 Å². The molecule has 3 fully saturated rings. The fourth-order valence-electron chi connectivity index (χ4n) is 8.23. The number of carbonyl (C=O) groups is 6. The minimum atomic E-state index is -1.63. The minimum Gasteiger partial charge on any atom is -0.481 e. The van der Waals surface area contributed by atoms with E-state index in [1.54, 1.807) is 0 Å². The monoisotopic (exact) mass is 561 g/mol. The molecule has 0 aromatic rings. The molecule has 4 aliphatic rings. The number of rotatable bonds is 10. The molecule has 0 saturated heterocycles. The predicted molar refractivity (Wildman–Crippen MR) is 139 cm³/mol. The number of carboxylic acids is 2. The Bertz CT molecular complexity index is 1150. The molecule has 0 heterocycles. The average molecular weight is 562 g/mol. The van der Waals surface area contributed by atoms with Gasteiger partial charge in [0.2, 0.25) is 11.7 Å². The molecule has 0 aromatic heterocycles. The Morgan fingerprint density at radius 2 is 1.70 bits per heavy atom. The van der Waals surface area contributed by atoms with Crippen molar-refractivity contribution in [2.45, 2.75) is 96.1 Å². The van der Waals surface area contributed by atoms with Crippen molar-refractivity contribution in [1.82, 2.24) is 5.32 Å². The molecule has 220 valence electrons. The van der Waals surface area contributed by atoms with Gasteiger partial charge in [0.25, 0.3) is 0 Å². The van der Waals surface area contributed by atoms with Gasteiger partial charge in [-0.3, -0.25) is 24.0 Å². The van der Waals surface area contributed by atoms with Crippen molar-refractivity contribution in [1.29, 1.82) is 0 Å². The Balaban J connectivity index is 1.33. The third kappa shape index (κ3) is 5.32. The molecular weight excluding hydrogens is 522 g/mol. The number of fused-ring (bicyclic) bond motifs is 5. The molecule has 40 heavy (non-hydrogen) atoms. The van der Waals surface area contributed by atoms with E-state index in [2.05, 4.69) is 6.92 Å². The van der Waals surface area contributed by atoms with Crippen molar-refractivity contribution < 1.29 is 48.8 Å². The molecule has 0 radical (unpaired) electrons. The van der Waals surface area contributed by atoms with Crippen molar-refractivity contribution in [3.05, 3.63) is 11.6 Å². The second-order valence-electron chi connectivity index (χ2n) is 12.5. The number of hydrogen-bond acceptors (Lipinski definition) is 8. The molecule has 4 aliphatic carbocycles. The number of hydrogen-bond donors (Lipinski definition) is 4. The van der Waals surface area contributed by atoms with Gasteiger partial charge in [-0.15, -0.1) is 0 Å². The Morgan fingerprint density at radius 1 is 1.00 bits per heavy atom. The van der Waals surface area contributed by atoms with Crippen LogP contribution in [0.2, 0.25) is 0 Å². The van der Waals surface area contributed by atoms with Crippen LogP contribution in [-0.4, -0.2) is 69.0 Å². The molecule has 4 rings (SSSR count). The summed E-state index contributed by atoms with van der Waals surface area (Å²) in [5.74, 6) is -4.08. The van der Waals surface area contributed by atoms with Gasteiger partial charge in [-0.1, -0.05) is 19.4 Å². The lowest BCUT2D eigenvalue weighted by Crippen LogP contribution is -2.58. The zero-order valence-electron chi connectivity index (χ0n) is 23.1. The molecule has 0 spiro atoms. The second kappa shape index (κ2) is 11.1. The Morgan fingerprint density at radius 3 is 2.38 bits per heavy atom. The zero-order valence-corrected chi connectivity index (χ0v) is 23.1. The fraction of sp³-hybridized carbons (Fsp3) is 0.724. The Kier molecular flexibility index (Phi) is 8.27. The molecule has 0 aromatic carbocycles. The maximum Gasteiger partial charge on any atom is 0.326 e. The van der Waals surface area contributed by atoms with Crippen LogP contribution in [0.1, 0.15) is 84.5 Å². The first-order chi connectivity index (χ1) is 18.7. The number of esters is 1. The predicted octanol–water partition coefficient (Wildman–Crippen LogP) is 2.19. The first-order valence-electron chi connectivity index (χ1n) is 14.1. The minimum absolute atomic E-state index is 0.0250. The summed E-state index contributed by atoms with van der Waals surface area (Å²) in [5, 5.41) is 31.5. The quantitative estimate of drug-likeness (QED) is 0.288. The topological polar surface area (TPSA) is 184 Å². The van der Waals surface area contributed by atoms with E-state index in [0.717, 1.165) is 25.7 Å². The number of nitrogens with one attached hydrogen (secondary N) is 1. The lowest BCUT2D eigenvalue weighted by atomic mass is 9.46. The van der Waals surface area contributed by atoms with E-state index in [1.807, 2.05) is 18.3 Å². The van der Waals surface area contributed by atoms with Crippen LogP contribution in [-0.2, 0) is 33.5 Å². The van der Waals surface area contributed by atoms with Crippen molar-refractivity contribution in [2.75, 3.05) is 6.61 Å². The van der Waals surface area contributed by atoms with Crippen LogP contribution in [0.4, 0.5) is 0 Å². The summed E-state index contributed by atoms with van der Waals surface area (Å²) in [6.45, 7) is 3.61. The van der Waals surface area contributed by atoms with Gasteiger partial charge in [0.05, 0.1) is 12.8 Å². The van der Waals surface area contributed by atoms with Crippen LogP contribution in [0.5, 0.6) is 0 Å². The highest BCUT2D eigenvalue weighted by Gasteiger charge is 2.66. The Labute approximate surface area is 232 Å². The first kappa shape index (κ1) is 29.9. The molecule has 1 amide bonds. The van der Waals surface area contributed by atoms with Crippen molar-refractivity contribution in [2.24, 2.45) is 28.6 Å². The average Bonchev–Trinajstić information content (AvgIpc) is 3.17. The number of Topliss-reactive ketones (excluding diaryl/α,β-unsaturated/α-hetero) is 1. The van der Waals surface area contributed by atoms with E-state index in [1.165, 1.54) is 5.57 Å². The largest absolute Gasteiger partial charge is 0.481 e. The molecule has 0 unspecified atom stereocenters. The summed E-state index contributed by atoms with van der Waals surface area (Å²) < 4.78 is 5.10. The molecule has 11 heteroatoms. The van der Waals surface area contributed by atoms with E-state index < -0.39 is 72.5 Å². The van der Waals surface area contributed by atoms with Crippen molar-refractivity contribution in [3.8, 4) is 0 Å². The van der Waals surface area contributed by atoms with Gasteiger partial charge in [-0.05, 0) is 74.2 Å². The summed E-state index contributed by atoms with van der Waals surface area (Å²) in [7, 11) is 0.